The van der Waals surface area contributed by atoms with Gasteiger partial charge in [-0.15, -0.1) is 0 Å². The first-order chi connectivity index (χ1) is 10.2. The zero-order chi connectivity index (χ0) is 15.1. The minimum atomic E-state index is -0.108. The van der Waals surface area contributed by atoms with E-state index in [1.54, 1.807) is 24.3 Å². The summed E-state index contributed by atoms with van der Waals surface area (Å²) in [5.41, 5.74) is 1.50. The van der Waals surface area contributed by atoms with Crippen molar-refractivity contribution >= 4 is 21.8 Å². The number of rotatable bonds is 6. The van der Waals surface area contributed by atoms with Gasteiger partial charge < -0.3 is 9.64 Å². The molecule has 0 aliphatic carbocycles. The lowest BCUT2D eigenvalue weighted by atomic mass is 10.2. The molecule has 0 fully saturated rings. The molecule has 110 valence electrons. The Hall–Kier alpha value is -1.72. The van der Waals surface area contributed by atoms with Crippen molar-refractivity contribution in [1.29, 1.82) is 0 Å². The normalized spacial score (nSPS) is 10.4. The lowest BCUT2D eigenvalue weighted by Crippen LogP contribution is -2.34. The topological polar surface area (TPSA) is 42.4 Å². The zero-order valence-corrected chi connectivity index (χ0v) is 13.4. The zero-order valence-electron chi connectivity index (χ0n) is 11.8. The minimum Gasteiger partial charge on any atom is -0.383 e. The molecule has 5 heteroatoms. The number of halogens is 1. The third kappa shape index (κ3) is 4.37. The molecular weight excluding hydrogens is 332 g/mol. The number of carbonyl (C=O) groups is 1. The third-order valence-electron chi connectivity index (χ3n) is 3.03. The molecule has 0 spiro atoms. The van der Waals surface area contributed by atoms with E-state index in [1.165, 1.54) is 0 Å². The van der Waals surface area contributed by atoms with E-state index in [0.29, 0.717) is 29.9 Å². The van der Waals surface area contributed by atoms with Crippen molar-refractivity contribution in [2.24, 2.45) is 0 Å². The Balaban J connectivity index is 2.19. The molecule has 0 atom stereocenters. The number of ether oxygens (including phenoxy) is 1. The number of benzene rings is 1. The number of nitrogens with zero attached hydrogens (tertiary/aromatic N) is 2. The van der Waals surface area contributed by atoms with E-state index in [9.17, 15) is 4.79 Å². The minimum absolute atomic E-state index is 0.108. The Kier molecular flexibility index (Phi) is 5.90. The van der Waals surface area contributed by atoms with Gasteiger partial charge in [0.2, 0.25) is 0 Å². The molecular formula is C16H17BrN2O2. The van der Waals surface area contributed by atoms with Gasteiger partial charge in [0.05, 0.1) is 6.61 Å². The van der Waals surface area contributed by atoms with E-state index >= 15 is 0 Å². The van der Waals surface area contributed by atoms with Crippen LogP contribution in [-0.4, -0.2) is 36.1 Å². The highest BCUT2D eigenvalue weighted by atomic mass is 79.9. The second kappa shape index (κ2) is 7.90. The Labute approximate surface area is 132 Å². The molecule has 1 aromatic heterocycles. The van der Waals surface area contributed by atoms with Crippen LogP contribution in [0.15, 0.2) is 53.1 Å². The predicted octanol–water partition coefficient (Wildman–Crippen LogP) is 3.13. The first-order valence-corrected chi connectivity index (χ1v) is 7.44. The Morgan fingerprint density at radius 3 is 2.67 bits per heavy atom. The molecule has 4 nitrogen and oxygen atoms in total. The van der Waals surface area contributed by atoms with E-state index in [-0.39, 0.29) is 5.91 Å². The van der Waals surface area contributed by atoms with Gasteiger partial charge in [0.25, 0.3) is 5.91 Å². The monoisotopic (exact) mass is 348 g/mol. The first-order valence-electron chi connectivity index (χ1n) is 6.65. The maximum absolute atomic E-state index is 12.7. The van der Waals surface area contributed by atoms with Crippen LogP contribution in [0.3, 0.4) is 0 Å². The molecule has 2 rings (SSSR count). The van der Waals surface area contributed by atoms with Crippen molar-refractivity contribution in [2.75, 3.05) is 20.3 Å². The fraction of sp³-hybridized carbons (Fsp3) is 0.250. The summed E-state index contributed by atoms with van der Waals surface area (Å²) in [5, 5.41) is 0. The van der Waals surface area contributed by atoms with E-state index in [4.69, 9.17) is 4.74 Å². The van der Waals surface area contributed by atoms with Crippen LogP contribution in [0.4, 0.5) is 0 Å². The van der Waals surface area contributed by atoms with Crippen LogP contribution >= 0.6 is 15.9 Å². The van der Waals surface area contributed by atoms with Crippen molar-refractivity contribution in [1.82, 2.24) is 9.88 Å². The van der Waals surface area contributed by atoms with Gasteiger partial charge in [-0.25, -0.2) is 4.98 Å². The molecule has 0 aliphatic rings. The van der Waals surface area contributed by atoms with Gasteiger partial charge in [0.15, 0.2) is 0 Å². The molecule has 1 amide bonds. The molecule has 0 bridgehead atoms. The van der Waals surface area contributed by atoms with Crippen molar-refractivity contribution in [3.63, 3.8) is 0 Å². The molecule has 0 aliphatic heterocycles. The highest BCUT2D eigenvalue weighted by Gasteiger charge is 2.19. The number of pyridine rings is 1. The summed E-state index contributed by atoms with van der Waals surface area (Å²) < 4.78 is 5.80. The fourth-order valence-electron chi connectivity index (χ4n) is 1.95. The molecule has 1 heterocycles. The predicted molar refractivity (Wildman–Crippen MR) is 85.0 cm³/mol. The largest absolute Gasteiger partial charge is 0.383 e. The van der Waals surface area contributed by atoms with Gasteiger partial charge in [-0.05, 0) is 33.6 Å². The third-order valence-corrected chi connectivity index (χ3v) is 3.67. The summed E-state index contributed by atoms with van der Waals surface area (Å²) in [6.45, 7) is 1.54. The van der Waals surface area contributed by atoms with Crippen LogP contribution < -0.4 is 0 Å². The molecule has 1 aromatic carbocycles. The van der Waals surface area contributed by atoms with Crippen molar-refractivity contribution < 1.29 is 9.53 Å². The molecule has 0 N–H and O–H groups in total. The quantitative estimate of drug-likeness (QED) is 0.805. The molecule has 0 unspecified atom stereocenters. The molecule has 0 saturated carbocycles. The average Bonchev–Trinajstić information content (AvgIpc) is 2.52. The van der Waals surface area contributed by atoms with E-state index in [1.807, 2.05) is 36.4 Å². The van der Waals surface area contributed by atoms with Crippen LogP contribution in [0, 0.1) is 0 Å². The second-order valence-corrected chi connectivity index (χ2v) is 5.39. The van der Waals surface area contributed by atoms with Gasteiger partial charge in [0, 0.05) is 30.9 Å². The smallest absolute Gasteiger partial charge is 0.274 e. The SMILES string of the molecule is COCCN(Cc1ccccc1)C(=O)c1ncccc1Br. The van der Waals surface area contributed by atoms with Crippen LogP contribution in [0.1, 0.15) is 16.1 Å². The van der Waals surface area contributed by atoms with E-state index in [0.717, 1.165) is 5.56 Å². The molecule has 0 saturated heterocycles. The van der Waals surface area contributed by atoms with Crippen molar-refractivity contribution in [3.8, 4) is 0 Å². The van der Waals surface area contributed by atoms with Crippen LogP contribution in [0.5, 0.6) is 0 Å². The number of hydrogen-bond acceptors (Lipinski definition) is 3. The highest BCUT2D eigenvalue weighted by Crippen LogP contribution is 2.16. The Morgan fingerprint density at radius 2 is 2.00 bits per heavy atom. The van der Waals surface area contributed by atoms with Crippen LogP contribution in [0.25, 0.3) is 0 Å². The van der Waals surface area contributed by atoms with Crippen molar-refractivity contribution in [2.45, 2.75) is 6.54 Å². The summed E-state index contributed by atoms with van der Waals surface area (Å²) >= 11 is 3.38. The lowest BCUT2D eigenvalue weighted by molar-refractivity contribution is 0.0673. The van der Waals surface area contributed by atoms with Crippen LogP contribution in [-0.2, 0) is 11.3 Å². The Morgan fingerprint density at radius 1 is 1.24 bits per heavy atom. The number of methoxy groups -OCH3 is 1. The van der Waals surface area contributed by atoms with E-state index in [2.05, 4.69) is 20.9 Å². The second-order valence-electron chi connectivity index (χ2n) is 4.54. The standard InChI is InChI=1S/C16H17BrN2O2/c1-21-11-10-19(12-13-6-3-2-4-7-13)16(20)15-14(17)8-5-9-18-15/h2-9H,10-12H2,1H3. The summed E-state index contributed by atoms with van der Waals surface area (Å²) in [6.07, 6.45) is 1.62. The maximum Gasteiger partial charge on any atom is 0.274 e. The highest BCUT2D eigenvalue weighted by molar-refractivity contribution is 9.10. The van der Waals surface area contributed by atoms with Crippen LogP contribution in [0.2, 0.25) is 0 Å². The molecule has 0 radical (unpaired) electrons. The summed E-state index contributed by atoms with van der Waals surface area (Å²) in [6, 6.07) is 13.5. The maximum atomic E-state index is 12.7. The number of aromatic nitrogens is 1. The average molecular weight is 349 g/mol. The fourth-order valence-corrected chi connectivity index (χ4v) is 2.38. The van der Waals surface area contributed by atoms with Gasteiger partial charge >= 0.3 is 0 Å². The molecule has 2 aromatic rings. The molecule has 21 heavy (non-hydrogen) atoms. The van der Waals surface area contributed by atoms with Crippen molar-refractivity contribution in [3.05, 3.63) is 64.4 Å². The summed E-state index contributed by atoms with van der Waals surface area (Å²) in [4.78, 5) is 18.6. The van der Waals surface area contributed by atoms with Gasteiger partial charge in [-0.3, -0.25) is 4.79 Å². The van der Waals surface area contributed by atoms with E-state index < -0.39 is 0 Å². The number of carbonyl (C=O) groups excluding carboxylic acids is 1. The van der Waals surface area contributed by atoms with Gasteiger partial charge in [-0.1, -0.05) is 30.3 Å². The first kappa shape index (κ1) is 15.7. The van der Waals surface area contributed by atoms with Gasteiger partial charge in [-0.2, -0.15) is 0 Å². The number of hydrogen-bond donors (Lipinski definition) is 0. The summed E-state index contributed by atoms with van der Waals surface area (Å²) in [5.74, 6) is -0.108. The lowest BCUT2D eigenvalue weighted by Gasteiger charge is -2.22. The number of amides is 1. The Bertz CT molecular complexity index is 590. The summed E-state index contributed by atoms with van der Waals surface area (Å²) in [7, 11) is 1.63. The van der Waals surface area contributed by atoms with Gasteiger partial charge in [0.1, 0.15) is 5.69 Å².